The van der Waals surface area contributed by atoms with Crippen LogP contribution in [0.15, 0.2) is 6.07 Å². The molecule has 0 unspecified atom stereocenters. The number of hydrazine groups is 1. The Hall–Kier alpha value is -1.36. The topological polar surface area (TPSA) is 73.1 Å². The van der Waals surface area contributed by atoms with Gasteiger partial charge >= 0.3 is 0 Å². The average molecular weight is 196 g/mol. The zero-order valence-corrected chi connectivity index (χ0v) is 8.58. The van der Waals surface area contributed by atoms with E-state index in [-0.39, 0.29) is 0 Å². The van der Waals surface area contributed by atoms with E-state index in [0.717, 1.165) is 18.7 Å². The molecule has 0 radical (unpaired) electrons. The Morgan fingerprint density at radius 1 is 1.43 bits per heavy atom. The van der Waals surface area contributed by atoms with Crippen molar-refractivity contribution in [2.75, 3.05) is 12.0 Å². The molecule has 14 heavy (non-hydrogen) atoms. The lowest BCUT2D eigenvalue weighted by Gasteiger charge is -2.07. The largest absolute Gasteiger partial charge is 0.478 e. The highest BCUT2D eigenvalue weighted by atomic mass is 16.5. The number of nitrogens with zero attached hydrogens (tertiary/aromatic N) is 2. The van der Waals surface area contributed by atoms with Crippen LogP contribution in [-0.4, -0.2) is 16.6 Å². The fourth-order valence-electron chi connectivity index (χ4n) is 0.985. The van der Waals surface area contributed by atoms with Crippen LogP contribution in [0.5, 0.6) is 5.88 Å². The van der Waals surface area contributed by atoms with Gasteiger partial charge in [0.2, 0.25) is 5.88 Å². The SMILES string of the molecule is CCCOc1cc(NN)nc(CC)n1. The first kappa shape index (κ1) is 10.7. The van der Waals surface area contributed by atoms with Gasteiger partial charge in [-0.15, -0.1) is 0 Å². The lowest BCUT2D eigenvalue weighted by atomic mass is 10.4. The van der Waals surface area contributed by atoms with E-state index in [1.807, 2.05) is 13.8 Å². The fraction of sp³-hybridized carbons (Fsp3) is 0.556. The Kier molecular flexibility index (Phi) is 4.12. The minimum absolute atomic E-state index is 0.576. The van der Waals surface area contributed by atoms with E-state index in [2.05, 4.69) is 15.4 Å². The maximum Gasteiger partial charge on any atom is 0.218 e. The number of aromatic nitrogens is 2. The molecule has 0 spiro atoms. The van der Waals surface area contributed by atoms with Crippen LogP contribution in [-0.2, 0) is 6.42 Å². The Balaban J connectivity index is 2.81. The molecular formula is C9H16N4O. The molecule has 0 aliphatic carbocycles. The van der Waals surface area contributed by atoms with E-state index in [9.17, 15) is 0 Å². The Bertz CT molecular complexity index is 268. The molecular weight excluding hydrogens is 180 g/mol. The summed E-state index contributed by atoms with van der Waals surface area (Å²) in [7, 11) is 0. The van der Waals surface area contributed by atoms with Crippen LogP contribution < -0.4 is 16.0 Å². The molecule has 0 saturated heterocycles. The summed E-state index contributed by atoms with van der Waals surface area (Å²) in [6.45, 7) is 4.69. The highest BCUT2D eigenvalue weighted by Gasteiger charge is 2.02. The third-order valence-corrected chi connectivity index (χ3v) is 1.67. The quantitative estimate of drug-likeness (QED) is 0.545. The van der Waals surface area contributed by atoms with Gasteiger partial charge in [-0.25, -0.2) is 10.8 Å². The van der Waals surface area contributed by atoms with Crippen LogP contribution in [0.1, 0.15) is 26.1 Å². The first-order chi connectivity index (χ1) is 6.80. The van der Waals surface area contributed by atoms with Gasteiger partial charge < -0.3 is 10.2 Å². The highest BCUT2D eigenvalue weighted by molar-refractivity contribution is 5.36. The molecule has 78 valence electrons. The molecule has 1 aromatic heterocycles. The predicted octanol–water partition coefficient (Wildman–Crippen LogP) is 1.11. The second-order valence-electron chi connectivity index (χ2n) is 2.85. The van der Waals surface area contributed by atoms with Gasteiger partial charge in [-0.1, -0.05) is 13.8 Å². The summed E-state index contributed by atoms with van der Waals surface area (Å²) >= 11 is 0. The van der Waals surface area contributed by atoms with E-state index in [1.165, 1.54) is 0 Å². The maximum absolute atomic E-state index is 5.39. The van der Waals surface area contributed by atoms with Crippen molar-refractivity contribution in [2.45, 2.75) is 26.7 Å². The Morgan fingerprint density at radius 3 is 2.79 bits per heavy atom. The minimum Gasteiger partial charge on any atom is -0.478 e. The molecule has 0 saturated carbocycles. The van der Waals surface area contributed by atoms with Gasteiger partial charge in [0, 0.05) is 12.5 Å². The van der Waals surface area contributed by atoms with Crippen molar-refractivity contribution < 1.29 is 4.74 Å². The molecule has 1 heterocycles. The molecule has 0 aromatic carbocycles. The summed E-state index contributed by atoms with van der Waals surface area (Å²) in [5.74, 6) is 7.17. The third kappa shape index (κ3) is 2.85. The molecule has 3 N–H and O–H groups in total. The van der Waals surface area contributed by atoms with E-state index >= 15 is 0 Å². The van der Waals surface area contributed by atoms with Crippen molar-refractivity contribution in [3.8, 4) is 5.88 Å². The lowest BCUT2D eigenvalue weighted by Crippen LogP contribution is -2.11. The second kappa shape index (κ2) is 5.39. The number of rotatable bonds is 5. The van der Waals surface area contributed by atoms with Crippen molar-refractivity contribution in [2.24, 2.45) is 5.84 Å². The van der Waals surface area contributed by atoms with Crippen LogP contribution in [0.2, 0.25) is 0 Å². The van der Waals surface area contributed by atoms with Crippen LogP contribution in [0.4, 0.5) is 5.82 Å². The minimum atomic E-state index is 0.576. The number of ether oxygens (including phenoxy) is 1. The van der Waals surface area contributed by atoms with Crippen molar-refractivity contribution in [3.63, 3.8) is 0 Å². The second-order valence-corrected chi connectivity index (χ2v) is 2.85. The van der Waals surface area contributed by atoms with Gasteiger partial charge in [-0.05, 0) is 6.42 Å². The number of nitrogen functional groups attached to an aromatic ring is 1. The standard InChI is InChI=1S/C9H16N4O/c1-3-5-14-9-6-8(13-10)11-7(4-2)12-9/h6H,3-5,10H2,1-2H3,(H,11,12,13). The maximum atomic E-state index is 5.39. The van der Waals surface area contributed by atoms with Crippen molar-refractivity contribution in [1.29, 1.82) is 0 Å². The summed E-state index contributed by atoms with van der Waals surface area (Å²) in [5, 5.41) is 0. The molecule has 1 aromatic rings. The van der Waals surface area contributed by atoms with Gasteiger partial charge in [-0.3, -0.25) is 0 Å². The van der Waals surface area contributed by atoms with Crippen LogP contribution in [0, 0.1) is 0 Å². The van der Waals surface area contributed by atoms with E-state index in [4.69, 9.17) is 10.6 Å². The Morgan fingerprint density at radius 2 is 2.21 bits per heavy atom. The molecule has 0 atom stereocenters. The predicted molar refractivity (Wildman–Crippen MR) is 55.0 cm³/mol. The summed E-state index contributed by atoms with van der Waals surface area (Å²) in [6, 6.07) is 1.69. The number of hydrogen-bond acceptors (Lipinski definition) is 5. The summed E-state index contributed by atoms with van der Waals surface area (Å²) in [5.41, 5.74) is 2.49. The zero-order chi connectivity index (χ0) is 10.4. The van der Waals surface area contributed by atoms with Crippen LogP contribution in [0.25, 0.3) is 0 Å². The molecule has 5 heteroatoms. The van der Waals surface area contributed by atoms with Crippen LogP contribution >= 0.6 is 0 Å². The average Bonchev–Trinajstić information content (AvgIpc) is 2.25. The summed E-state index contributed by atoms with van der Waals surface area (Å²) in [6.07, 6.45) is 1.72. The van der Waals surface area contributed by atoms with E-state index in [1.54, 1.807) is 6.07 Å². The molecule has 5 nitrogen and oxygen atoms in total. The van der Waals surface area contributed by atoms with Crippen molar-refractivity contribution in [3.05, 3.63) is 11.9 Å². The molecule has 0 aliphatic rings. The van der Waals surface area contributed by atoms with Gasteiger partial charge in [0.1, 0.15) is 11.6 Å². The first-order valence-corrected chi connectivity index (χ1v) is 4.77. The normalized spacial score (nSPS) is 9.93. The molecule has 0 fully saturated rings. The van der Waals surface area contributed by atoms with Crippen molar-refractivity contribution in [1.82, 2.24) is 9.97 Å². The smallest absolute Gasteiger partial charge is 0.218 e. The fourth-order valence-corrected chi connectivity index (χ4v) is 0.985. The summed E-state index contributed by atoms with van der Waals surface area (Å²) < 4.78 is 5.39. The van der Waals surface area contributed by atoms with Crippen molar-refractivity contribution >= 4 is 5.82 Å². The van der Waals surface area contributed by atoms with Gasteiger partial charge in [0.05, 0.1) is 6.61 Å². The molecule has 0 amide bonds. The Labute approximate surface area is 83.7 Å². The number of hydrogen-bond donors (Lipinski definition) is 2. The van der Waals surface area contributed by atoms with E-state index < -0.39 is 0 Å². The number of aryl methyl sites for hydroxylation is 1. The lowest BCUT2D eigenvalue weighted by molar-refractivity contribution is 0.304. The summed E-state index contributed by atoms with van der Waals surface area (Å²) in [4.78, 5) is 8.36. The number of nitrogens with one attached hydrogen (secondary N) is 1. The first-order valence-electron chi connectivity index (χ1n) is 4.77. The third-order valence-electron chi connectivity index (χ3n) is 1.67. The molecule has 0 bridgehead atoms. The number of nitrogens with two attached hydrogens (primary N) is 1. The highest BCUT2D eigenvalue weighted by Crippen LogP contribution is 2.13. The zero-order valence-electron chi connectivity index (χ0n) is 8.58. The van der Waals surface area contributed by atoms with Gasteiger partial charge in [0.25, 0.3) is 0 Å². The van der Waals surface area contributed by atoms with Gasteiger partial charge in [0.15, 0.2) is 0 Å². The number of anilines is 1. The molecule has 1 rings (SSSR count). The monoisotopic (exact) mass is 196 g/mol. The van der Waals surface area contributed by atoms with Crippen LogP contribution in [0.3, 0.4) is 0 Å². The molecule has 0 aliphatic heterocycles. The van der Waals surface area contributed by atoms with E-state index in [0.29, 0.717) is 18.3 Å². The van der Waals surface area contributed by atoms with Gasteiger partial charge in [-0.2, -0.15) is 4.98 Å².